The van der Waals surface area contributed by atoms with Crippen LogP contribution in [-0.2, 0) is 0 Å². The molecule has 0 aliphatic carbocycles. The second-order valence-corrected chi connectivity index (χ2v) is 3.08. The SMILES string of the molecule is CNc1nc(C#N)nc(N(C)C)c1[N+](=O)[O-]. The average molecular weight is 222 g/mol. The molecule has 0 aliphatic heterocycles. The van der Waals surface area contributed by atoms with Crippen molar-refractivity contribution in [2.75, 3.05) is 31.4 Å². The van der Waals surface area contributed by atoms with Crippen LogP contribution >= 0.6 is 0 Å². The summed E-state index contributed by atoms with van der Waals surface area (Å²) in [5, 5.41) is 22.2. The van der Waals surface area contributed by atoms with Crippen LogP contribution in [0.3, 0.4) is 0 Å². The number of anilines is 2. The van der Waals surface area contributed by atoms with Crippen LogP contribution in [-0.4, -0.2) is 36.0 Å². The molecule has 8 nitrogen and oxygen atoms in total. The van der Waals surface area contributed by atoms with Gasteiger partial charge in [0.1, 0.15) is 6.07 Å². The molecule has 8 heteroatoms. The fourth-order valence-corrected chi connectivity index (χ4v) is 1.15. The Morgan fingerprint density at radius 3 is 2.50 bits per heavy atom. The third kappa shape index (κ3) is 1.98. The highest BCUT2D eigenvalue weighted by atomic mass is 16.6. The van der Waals surface area contributed by atoms with Crippen LogP contribution in [0.15, 0.2) is 0 Å². The number of aromatic nitrogens is 2. The van der Waals surface area contributed by atoms with Gasteiger partial charge in [-0.3, -0.25) is 10.1 Å². The van der Waals surface area contributed by atoms with Crippen molar-refractivity contribution in [1.29, 1.82) is 5.26 Å². The standard InChI is InChI=1S/C8H10N6O2/c1-10-7-6(14(15)16)8(13(2)3)12-5(4-9)11-7/h1-3H3,(H,10,11,12). The predicted octanol–water partition coefficient (Wildman–Crippen LogP) is 0.364. The molecule has 16 heavy (non-hydrogen) atoms. The normalized spacial score (nSPS) is 9.38. The van der Waals surface area contributed by atoms with Crippen LogP contribution in [0.1, 0.15) is 5.82 Å². The van der Waals surface area contributed by atoms with Gasteiger partial charge in [-0.1, -0.05) is 0 Å². The maximum absolute atomic E-state index is 10.9. The van der Waals surface area contributed by atoms with Gasteiger partial charge < -0.3 is 10.2 Å². The van der Waals surface area contributed by atoms with Crippen molar-refractivity contribution in [3.05, 3.63) is 15.9 Å². The van der Waals surface area contributed by atoms with Crippen LogP contribution in [0, 0.1) is 21.4 Å². The maximum atomic E-state index is 10.9. The maximum Gasteiger partial charge on any atom is 0.353 e. The van der Waals surface area contributed by atoms with Gasteiger partial charge in [0.15, 0.2) is 0 Å². The van der Waals surface area contributed by atoms with E-state index in [9.17, 15) is 10.1 Å². The Bertz CT molecular complexity index is 464. The van der Waals surface area contributed by atoms with Crippen molar-refractivity contribution in [2.45, 2.75) is 0 Å². The van der Waals surface area contributed by atoms with E-state index >= 15 is 0 Å². The van der Waals surface area contributed by atoms with Gasteiger partial charge in [0, 0.05) is 21.1 Å². The van der Waals surface area contributed by atoms with Crippen molar-refractivity contribution in [1.82, 2.24) is 9.97 Å². The third-order valence-corrected chi connectivity index (χ3v) is 1.81. The zero-order chi connectivity index (χ0) is 12.3. The van der Waals surface area contributed by atoms with Gasteiger partial charge in [0.05, 0.1) is 4.92 Å². The van der Waals surface area contributed by atoms with Crippen molar-refractivity contribution in [3.63, 3.8) is 0 Å². The lowest BCUT2D eigenvalue weighted by Crippen LogP contribution is -2.16. The molecule has 1 N–H and O–H groups in total. The van der Waals surface area contributed by atoms with Gasteiger partial charge in [-0.2, -0.15) is 15.2 Å². The minimum absolute atomic E-state index is 0.0280. The van der Waals surface area contributed by atoms with Gasteiger partial charge in [0.2, 0.25) is 17.5 Å². The Balaban J connectivity index is 3.55. The highest BCUT2D eigenvalue weighted by Gasteiger charge is 2.25. The zero-order valence-electron chi connectivity index (χ0n) is 9.05. The van der Waals surface area contributed by atoms with Crippen LogP contribution < -0.4 is 10.2 Å². The minimum atomic E-state index is -0.581. The van der Waals surface area contributed by atoms with E-state index in [0.717, 1.165) is 0 Å². The summed E-state index contributed by atoms with van der Waals surface area (Å²) < 4.78 is 0. The lowest BCUT2D eigenvalue weighted by Gasteiger charge is -2.12. The quantitative estimate of drug-likeness (QED) is 0.581. The average Bonchev–Trinajstić information content (AvgIpc) is 2.26. The minimum Gasteiger partial charge on any atom is -0.367 e. The number of nitro groups is 1. The largest absolute Gasteiger partial charge is 0.367 e. The highest BCUT2D eigenvalue weighted by Crippen LogP contribution is 2.30. The second kappa shape index (κ2) is 4.39. The molecule has 0 saturated carbocycles. The molecule has 0 unspecified atom stereocenters. The first-order valence-corrected chi connectivity index (χ1v) is 4.32. The van der Waals surface area contributed by atoms with Gasteiger partial charge >= 0.3 is 5.69 Å². The van der Waals surface area contributed by atoms with E-state index in [4.69, 9.17) is 5.26 Å². The van der Waals surface area contributed by atoms with E-state index in [2.05, 4.69) is 15.3 Å². The Labute approximate surface area is 91.7 Å². The Kier molecular flexibility index (Phi) is 3.20. The summed E-state index contributed by atoms with van der Waals surface area (Å²) in [5.41, 5.74) is -0.244. The van der Waals surface area contributed by atoms with E-state index in [1.807, 2.05) is 0 Å². The molecule has 0 radical (unpaired) electrons. The summed E-state index contributed by atoms with van der Waals surface area (Å²) in [4.78, 5) is 19.3. The predicted molar refractivity (Wildman–Crippen MR) is 57.3 cm³/mol. The molecule has 0 aromatic carbocycles. The van der Waals surface area contributed by atoms with E-state index < -0.39 is 4.92 Å². The first kappa shape index (κ1) is 11.6. The molecule has 1 heterocycles. The van der Waals surface area contributed by atoms with E-state index in [1.54, 1.807) is 20.2 Å². The number of nitrogens with zero attached hydrogens (tertiary/aromatic N) is 5. The molecule has 1 rings (SSSR count). The molecular formula is C8H10N6O2. The second-order valence-electron chi connectivity index (χ2n) is 3.08. The third-order valence-electron chi connectivity index (χ3n) is 1.81. The summed E-state index contributed by atoms with van der Waals surface area (Å²) in [5.74, 6) is 0.0137. The Morgan fingerprint density at radius 1 is 1.50 bits per heavy atom. The first-order valence-electron chi connectivity index (χ1n) is 4.32. The summed E-state index contributed by atoms with van der Waals surface area (Å²) in [6.45, 7) is 0. The van der Waals surface area contributed by atoms with E-state index in [-0.39, 0.29) is 23.1 Å². The number of nitriles is 1. The molecule has 0 fully saturated rings. The number of rotatable bonds is 3. The smallest absolute Gasteiger partial charge is 0.353 e. The molecule has 0 saturated heterocycles. The summed E-state index contributed by atoms with van der Waals surface area (Å²) in [7, 11) is 4.71. The van der Waals surface area contributed by atoms with Gasteiger partial charge in [-0.15, -0.1) is 0 Å². The lowest BCUT2D eigenvalue weighted by molar-refractivity contribution is -0.383. The van der Waals surface area contributed by atoms with Crippen molar-refractivity contribution >= 4 is 17.3 Å². The monoisotopic (exact) mass is 222 g/mol. The number of nitrogens with one attached hydrogen (secondary N) is 1. The van der Waals surface area contributed by atoms with Crippen LogP contribution in [0.4, 0.5) is 17.3 Å². The van der Waals surface area contributed by atoms with Gasteiger partial charge in [-0.05, 0) is 0 Å². The molecular weight excluding hydrogens is 212 g/mol. The Morgan fingerprint density at radius 2 is 2.12 bits per heavy atom. The van der Waals surface area contributed by atoms with E-state index in [0.29, 0.717) is 0 Å². The molecule has 0 amide bonds. The van der Waals surface area contributed by atoms with Crippen LogP contribution in [0.5, 0.6) is 0 Å². The van der Waals surface area contributed by atoms with E-state index in [1.165, 1.54) is 11.9 Å². The number of hydrogen-bond acceptors (Lipinski definition) is 7. The van der Waals surface area contributed by atoms with Crippen LogP contribution in [0.25, 0.3) is 0 Å². The van der Waals surface area contributed by atoms with Crippen molar-refractivity contribution < 1.29 is 4.92 Å². The topological polar surface area (TPSA) is 108 Å². The first-order chi connectivity index (χ1) is 7.51. The van der Waals surface area contributed by atoms with Crippen molar-refractivity contribution in [3.8, 4) is 6.07 Å². The molecule has 0 spiro atoms. The lowest BCUT2D eigenvalue weighted by atomic mass is 10.4. The number of hydrogen-bond donors (Lipinski definition) is 1. The molecule has 1 aromatic rings. The highest BCUT2D eigenvalue weighted by molar-refractivity contribution is 5.70. The summed E-state index contributed by atoms with van der Waals surface area (Å²) >= 11 is 0. The molecule has 0 bridgehead atoms. The van der Waals surface area contributed by atoms with Gasteiger partial charge in [-0.25, -0.2) is 0 Å². The van der Waals surface area contributed by atoms with Gasteiger partial charge in [0.25, 0.3) is 0 Å². The molecule has 84 valence electrons. The summed E-state index contributed by atoms with van der Waals surface area (Å²) in [6.07, 6.45) is 0. The zero-order valence-corrected chi connectivity index (χ0v) is 9.05. The van der Waals surface area contributed by atoms with Crippen LogP contribution in [0.2, 0.25) is 0 Å². The fourth-order valence-electron chi connectivity index (χ4n) is 1.15. The Hall–Kier alpha value is -2.43. The molecule has 0 atom stereocenters. The molecule has 1 aromatic heterocycles. The summed E-state index contributed by atoms with van der Waals surface area (Å²) in [6, 6.07) is 1.75. The van der Waals surface area contributed by atoms with Crippen molar-refractivity contribution in [2.24, 2.45) is 0 Å². The fraction of sp³-hybridized carbons (Fsp3) is 0.375. The molecule has 0 aliphatic rings.